The lowest BCUT2D eigenvalue weighted by Crippen LogP contribution is -2.63. The highest BCUT2D eigenvalue weighted by molar-refractivity contribution is 7.99. The minimum atomic E-state index is -1.82. The highest BCUT2D eigenvalue weighted by Crippen LogP contribution is 2.33. The number of carbonyl (C=O) groups excluding carboxylic acids is 3. The zero-order chi connectivity index (χ0) is 50.4. The third kappa shape index (κ3) is 22.8. The topological polar surface area (TPSA) is 308 Å². The van der Waals surface area contributed by atoms with E-state index in [9.17, 15) is 50.1 Å². The van der Waals surface area contributed by atoms with E-state index >= 15 is 0 Å². The van der Waals surface area contributed by atoms with Crippen LogP contribution in [0.2, 0.25) is 0 Å². The molecule has 0 bridgehead atoms. The van der Waals surface area contributed by atoms with Gasteiger partial charge < -0.3 is 70.5 Å². The van der Waals surface area contributed by atoms with Gasteiger partial charge >= 0.3 is 11.9 Å². The van der Waals surface area contributed by atoms with Gasteiger partial charge in [0.1, 0.15) is 61.5 Å². The number of nitrogens with one attached hydrogen (secondary N) is 1. The van der Waals surface area contributed by atoms with Crippen LogP contribution in [0.4, 0.5) is 5.82 Å². The van der Waals surface area contributed by atoms with E-state index in [2.05, 4.69) is 29.5 Å². The van der Waals surface area contributed by atoms with Gasteiger partial charge in [-0.05, 0) is 12.8 Å². The number of aromatic nitrogens is 3. The van der Waals surface area contributed by atoms with E-state index in [0.717, 1.165) is 49.6 Å². The summed E-state index contributed by atoms with van der Waals surface area (Å²) >= 11 is 1.25. The number of amides is 1. The zero-order valence-electron chi connectivity index (χ0n) is 41.2. The van der Waals surface area contributed by atoms with Crippen LogP contribution in [0.1, 0.15) is 174 Å². The highest BCUT2D eigenvalue weighted by atomic mass is 32.2. The van der Waals surface area contributed by atoms with Gasteiger partial charge in [0.25, 0.3) is 0 Å². The molecule has 0 aromatic carbocycles. The molecule has 2 aliphatic heterocycles. The minimum absolute atomic E-state index is 0.0788. The Hall–Kier alpha value is -2.54. The number of unbranched alkanes of at least 4 members (excludes halogenated alkanes) is 20. The Balaban J connectivity index is 1.46. The zero-order valence-corrected chi connectivity index (χ0v) is 42.1. The summed E-state index contributed by atoms with van der Waals surface area (Å²) in [5, 5.41) is 82.6. The number of nitrogens with two attached hydrogens (primary N) is 1. The molecule has 1 amide bonds. The third-order valence-corrected chi connectivity index (χ3v) is 13.8. The van der Waals surface area contributed by atoms with Gasteiger partial charge in [-0.3, -0.25) is 14.4 Å². The molecule has 0 radical (unpaired) electrons. The van der Waals surface area contributed by atoms with E-state index in [4.69, 9.17) is 29.4 Å². The van der Waals surface area contributed by atoms with Crippen LogP contribution in [-0.2, 0) is 38.1 Å². The van der Waals surface area contributed by atoms with E-state index in [1.165, 1.54) is 108 Å². The molecule has 3 heterocycles. The van der Waals surface area contributed by atoms with Crippen molar-refractivity contribution in [1.29, 1.82) is 0 Å². The number of esters is 2. The molecule has 2 fully saturated rings. The maximum atomic E-state index is 13.1. The first-order valence-electron chi connectivity index (χ1n) is 25.8. The molecule has 0 aliphatic carbocycles. The summed E-state index contributed by atoms with van der Waals surface area (Å²) in [6.45, 7) is 2.84. The Morgan fingerprint density at radius 2 is 1.20 bits per heavy atom. The van der Waals surface area contributed by atoms with Crippen molar-refractivity contribution in [3.63, 3.8) is 0 Å². The van der Waals surface area contributed by atoms with E-state index < -0.39 is 92.6 Å². The Labute approximate surface area is 413 Å². The molecule has 10 N–H and O–H groups in total. The Bertz CT molecular complexity index is 1530. The second-order valence-corrected chi connectivity index (χ2v) is 19.7. The number of rotatable bonds is 38. The quantitative estimate of drug-likeness (QED) is 0.0335. The number of aliphatic hydroxyl groups is 7. The number of thioether (sulfide) groups is 1. The van der Waals surface area contributed by atoms with Crippen molar-refractivity contribution in [2.24, 2.45) is 5.73 Å². The Morgan fingerprint density at radius 3 is 1.74 bits per heavy atom. The van der Waals surface area contributed by atoms with Gasteiger partial charge in [-0.15, -0.1) is 5.10 Å². The van der Waals surface area contributed by atoms with Gasteiger partial charge in [-0.1, -0.05) is 147 Å². The van der Waals surface area contributed by atoms with Crippen LogP contribution in [0.15, 0.2) is 6.20 Å². The number of aliphatic hydroxyl groups excluding tert-OH is 7. The van der Waals surface area contributed by atoms with Crippen molar-refractivity contribution < 1.29 is 73.8 Å². The Morgan fingerprint density at radius 1 is 0.681 bits per heavy atom. The van der Waals surface area contributed by atoms with E-state index in [0.29, 0.717) is 6.42 Å². The Kier molecular flexibility index (Phi) is 31.3. The van der Waals surface area contributed by atoms with Gasteiger partial charge in [-0.25, -0.2) is 4.68 Å². The van der Waals surface area contributed by atoms with Crippen molar-refractivity contribution in [1.82, 2.24) is 15.0 Å². The second kappa shape index (κ2) is 35.6. The summed E-state index contributed by atoms with van der Waals surface area (Å²) < 4.78 is 29.1. The first-order chi connectivity index (χ1) is 33.3. The smallest absolute Gasteiger partial charge is 0.306 e. The van der Waals surface area contributed by atoms with Crippen molar-refractivity contribution in [3.05, 3.63) is 6.20 Å². The molecule has 400 valence electrons. The fourth-order valence-electron chi connectivity index (χ4n) is 8.35. The SMILES string of the molecule is CCCCCCCCCCCCCC(=O)OC[C@H](CSC[C@@H](N)C(=O)Nc1cn([C@@H]2OC(CO)C(OC3OC(CO)C(O)C(O)C3O)C(O)C2O)nn1)OC(=O)CCCCCCCCCCCCC. The molecule has 2 saturated heterocycles. The lowest BCUT2D eigenvalue weighted by Gasteiger charge is -2.45. The first kappa shape index (κ1) is 60.8. The van der Waals surface area contributed by atoms with Crippen LogP contribution in [0.3, 0.4) is 0 Å². The van der Waals surface area contributed by atoms with Crippen LogP contribution < -0.4 is 11.1 Å². The van der Waals surface area contributed by atoms with Crippen LogP contribution in [-0.4, -0.2) is 167 Å². The minimum Gasteiger partial charge on any atom is -0.462 e. The van der Waals surface area contributed by atoms with Crippen molar-refractivity contribution >= 4 is 35.4 Å². The third-order valence-electron chi connectivity index (χ3n) is 12.6. The van der Waals surface area contributed by atoms with Gasteiger partial charge in [0, 0.05) is 24.3 Å². The fourth-order valence-corrected chi connectivity index (χ4v) is 9.32. The van der Waals surface area contributed by atoms with E-state index in [-0.39, 0.29) is 48.7 Å². The average molecular weight is 1010 g/mol. The van der Waals surface area contributed by atoms with Gasteiger partial charge in [0.2, 0.25) is 5.91 Å². The number of anilines is 1. The predicted molar refractivity (Wildman–Crippen MR) is 259 cm³/mol. The number of carbonyl (C=O) groups is 3. The first-order valence-corrected chi connectivity index (χ1v) is 27.0. The molecule has 20 nitrogen and oxygen atoms in total. The second-order valence-electron chi connectivity index (χ2n) is 18.6. The summed E-state index contributed by atoms with van der Waals surface area (Å²) in [5.41, 5.74) is 6.23. The molecule has 1 aromatic heterocycles. The molecule has 3 rings (SSSR count). The molecule has 9 unspecified atom stereocenters. The molecule has 2 aliphatic rings. The number of ether oxygens (including phenoxy) is 5. The number of hydrogen-bond donors (Lipinski definition) is 9. The molecule has 21 heteroatoms. The fraction of sp³-hybridized carbons (Fsp3) is 0.896. The molecule has 0 spiro atoms. The number of nitrogens with zero attached hydrogens (tertiary/aromatic N) is 3. The molecule has 69 heavy (non-hydrogen) atoms. The molecule has 12 atom stereocenters. The maximum Gasteiger partial charge on any atom is 0.306 e. The lowest BCUT2D eigenvalue weighted by molar-refractivity contribution is -0.347. The van der Waals surface area contributed by atoms with E-state index in [1.54, 1.807) is 0 Å². The van der Waals surface area contributed by atoms with Crippen LogP contribution >= 0.6 is 11.8 Å². The largest absolute Gasteiger partial charge is 0.462 e. The van der Waals surface area contributed by atoms with Crippen LogP contribution in [0, 0.1) is 0 Å². The monoisotopic (exact) mass is 1010 g/mol. The lowest BCUT2D eigenvalue weighted by atomic mass is 9.96. The molecule has 1 aromatic rings. The van der Waals surface area contributed by atoms with Crippen molar-refractivity contribution in [2.75, 3.05) is 36.6 Å². The molecular weight excluding hydrogens is 919 g/mol. The van der Waals surface area contributed by atoms with Crippen molar-refractivity contribution in [3.8, 4) is 0 Å². The van der Waals surface area contributed by atoms with Gasteiger partial charge in [0.15, 0.2) is 18.3 Å². The summed E-state index contributed by atoms with van der Waals surface area (Å²) in [5.74, 6) is -1.11. The average Bonchev–Trinajstić information content (AvgIpc) is 3.80. The van der Waals surface area contributed by atoms with Gasteiger partial charge in [-0.2, -0.15) is 11.8 Å². The van der Waals surface area contributed by atoms with E-state index in [1.807, 2.05) is 0 Å². The summed E-state index contributed by atoms with van der Waals surface area (Å²) in [6, 6.07) is -1.06. The summed E-state index contributed by atoms with van der Waals surface area (Å²) in [7, 11) is 0. The van der Waals surface area contributed by atoms with Crippen LogP contribution in [0.5, 0.6) is 0 Å². The van der Waals surface area contributed by atoms with Crippen molar-refractivity contribution in [2.45, 2.75) is 241 Å². The predicted octanol–water partition coefficient (Wildman–Crippen LogP) is 3.93. The molecule has 0 saturated carbocycles. The normalized spacial score (nSPS) is 25.8. The summed E-state index contributed by atoms with van der Waals surface area (Å²) in [4.78, 5) is 38.7. The standard InChI is InChI=1S/C48H87N5O15S/c1-3-5-7-9-11-13-15-17-19-21-23-25-38(56)64-30-33(65-39(57)26-24-22-20-18-16-14-12-10-8-6-4-2)31-69-32-34(49)46(63)50-37-27-53(52-51-37)47-43(61)42(60)45(36(29-55)66-47)68-48-44(62)41(59)40(58)35(28-54)67-48/h27,33-36,40-45,47-48,54-55,58-62H,3-26,28-32,49H2,1-2H3,(H,50,63)/t33-,34-,35?,36?,40?,41?,42?,43?,44?,45?,47-,48?/m1/s1. The van der Waals surface area contributed by atoms with Gasteiger partial charge in [0.05, 0.1) is 25.5 Å². The number of hydrogen-bond acceptors (Lipinski definition) is 19. The highest BCUT2D eigenvalue weighted by Gasteiger charge is 2.51. The molecular formula is C48H87N5O15S. The maximum absolute atomic E-state index is 13.1. The van der Waals surface area contributed by atoms with Crippen LogP contribution in [0.25, 0.3) is 0 Å². The summed E-state index contributed by atoms with van der Waals surface area (Å²) in [6.07, 6.45) is 10.4.